The van der Waals surface area contributed by atoms with Crippen LogP contribution >= 0.6 is 11.6 Å². The molecular formula is C34H37ClN2O5. The zero-order chi connectivity index (χ0) is 30.8. The van der Waals surface area contributed by atoms with Crippen LogP contribution in [0.5, 0.6) is 5.75 Å². The molecule has 8 heteroatoms. The van der Waals surface area contributed by atoms with E-state index in [1.807, 2.05) is 59.7 Å². The molecule has 4 aromatic rings. The maximum atomic E-state index is 14.2. The Kier molecular flexibility index (Phi) is 9.21. The summed E-state index contributed by atoms with van der Waals surface area (Å²) in [5, 5.41) is 10.6. The summed E-state index contributed by atoms with van der Waals surface area (Å²) in [6.07, 6.45) is 2.82. The molecule has 0 aliphatic rings. The number of pyridine rings is 2. The van der Waals surface area contributed by atoms with E-state index >= 15 is 0 Å². The minimum Gasteiger partial charge on any atom is -0.487 e. The van der Waals surface area contributed by atoms with Gasteiger partial charge < -0.3 is 14.2 Å². The van der Waals surface area contributed by atoms with Gasteiger partial charge in [0.25, 0.3) is 0 Å². The molecule has 1 atom stereocenters. The zero-order valence-electron chi connectivity index (χ0n) is 25.0. The lowest BCUT2D eigenvalue weighted by molar-refractivity contribution is -0.141. The molecule has 0 amide bonds. The van der Waals surface area contributed by atoms with E-state index in [1.54, 1.807) is 40.9 Å². The van der Waals surface area contributed by atoms with Gasteiger partial charge in [0.1, 0.15) is 12.4 Å². The number of ketones is 2. The van der Waals surface area contributed by atoms with Crippen LogP contribution in [0, 0.1) is 25.2 Å². The second kappa shape index (κ2) is 12.5. The predicted octanol–water partition coefficient (Wildman–Crippen LogP) is 7.69. The molecule has 1 N–H and O–H groups in total. The highest BCUT2D eigenvalue weighted by Gasteiger charge is 2.35. The van der Waals surface area contributed by atoms with Gasteiger partial charge in [-0.3, -0.25) is 19.4 Å². The van der Waals surface area contributed by atoms with E-state index in [1.165, 1.54) is 0 Å². The lowest BCUT2D eigenvalue weighted by atomic mass is 9.82. The molecule has 220 valence electrons. The third-order valence-electron chi connectivity index (χ3n) is 7.32. The van der Waals surface area contributed by atoms with Crippen LogP contribution < -0.4 is 4.74 Å². The first kappa shape index (κ1) is 31.0. The first-order valence-electron chi connectivity index (χ1n) is 14.1. The fraction of sp³-hybridized carbons (Fsp3) is 0.353. The number of hydrogen-bond acceptors (Lipinski definition) is 5. The van der Waals surface area contributed by atoms with Gasteiger partial charge in [-0.15, -0.1) is 0 Å². The molecule has 0 spiro atoms. The summed E-state index contributed by atoms with van der Waals surface area (Å²) in [7, 11) is 0. The van der Waals surface area contributed by atoms with Gasteiger partial charge in [0.15, 0.2) is 5.78 Å². The molecule has 42 heavy (non-hydrogen) atoms. The van der Waals surface area contributed by atoms with Crippen molar-refractivity contribution in [1.29, 1.82) is 0 Å². The van der Waals surface area contributed by atoms with Crippen LogP contribution in [0.1, 0.15) is 89.5 Å². The molecule has 7 nitrogen and oxygen atoms in total. The summed E-state index contributed by atoms with van der Waals surface area (Å²) in [5.74, 6) is -1.72. The Labute approximate surface area is 251 Å². The van der Waals surface area contributed by atoms with E-state index in [9.17, 15) is 19.5 Å². The third kappa shape index (κ3) is 6.57. The van der Waals surface area contributed by atoms with E-state index in [-0.39, 0.29) is 30.3 Å². The number of carbonyl (C=O) groups excluding carboxylic acids is 2. The maximum Gasteiger partial charge on any atom is 0.306 e. The predicted molar refractivity (Wildman–Crippen MR) is 164 cm³/mol. The zero-order valence-corrected chi connectivity index (χ0v) is 25.7. The minimum absolute atomic E-state index is 0.0407. The number of carboxylic acids is 1. The van der Waals surface area contributed by atoms with E-state index in [0.29, 0.717) is 45.8 Å². The molecule has 4 rings (SSSR count). The average Bonchev–Trinajstić information content (AvgIpc) is 3.24. The lowest BCUT2D eigenvalue weighted by Crippen LogP contribution is -2.24. The third-order valence-corrected chi connectivity index (χ3v) is 7.75. The van der Waals surface area contributed by atoms with Crippen molar-refractivity contribution in [3.63, 3.8) is 0 Å². The molecule has 0 radical (unpaired) electrons. The van der Waals surface area contributed by atoms with Crippen LogP contribution in [-0.2, 0) is 17.8 Å². The van der Waals surface area contributed by atoms with E-state index in [4.69, 9.17) is 16.3 Å². The van der Waals surface area contributed by atoms with Crippen LogP contribution in [0.25, 0.3) is 5.52 Å². The van der Waals surface area contributed by atoms with E-state index < -0.39 is 17.3 Å². The summed E-state index contributed by atoms with van der Waals surface area (Å²) in [4.78, 5) is 45.1. The first-order chi connectivity index (χ1) is 19.8. The van der Waals surface area contributed by atoms with Crippen molar-refractivity contribution >= 4 is 34.7 Å². The van der Waals surface area contributed by atoms with Crippen LogP contribution in [0.3, 0.4) is 0 Å². The van der Waals surface area contributed by atoms with Gasteiger partial charge in [0.2, 0.25) is 5.78 Å². The number of aromatic nitrogens is 2. The van der Waals surface area contributed by atoms with Gasteiger partial charge in [-0.1, -0.05) is 51.8 Å². The summed E-state index contributed by atoms with van der Waals surface area (Å²) in [6, 6.07) is 14.2. The van der Waals surface area contributed by atoms with Crippen molar-refractivity contribution in [2.24, 2.45) is 11.3 Å². The Balaban J connectivity index is 1.96. The summed E-state index contributed by atoms with van der Waals surface area (Å²) in [6.45, 7) is 11.3. The summed E-state index contributed by atoms with van der Waals surface area (Å²) in [5.41, 5.74) is 3.54. The standard InChI is InChI=1S/C34H37ClN2O5/c1-7-9-23(33(40)41)17-26-29(32(39)34(4,5)6)28-18-25(42-19-24-11-8-10-21(3)36-24)14-15-37(28)30(26)31(38)22-12-13-27(35)20(2)16-22/h8,10-16,18,23H,7,9,17,19H2,1-6H3,(H,40,41). The van der Waals surface area contributed by atoms with E-state index in [0.717, 1.165) is 17.0 Å². The monoisotopic (exact) mass is 588 g/mol. The molecule has 0 aliphatic carbocycles. The maximum absolute atomic E-state index is 14.2. The largest absolute Gasteiger partial charge is 0.487 e. The number of fused-ring (bicyclic) bond motifs is 1. The SMILES string of the molecule is CCCC(Cc1c(C(=O)C(C)(C)C)c2cc(OCc3cccc(C)n3)ccn2c1C(=O)c1ccc(Cl)c(C)c1)C(=O)O. The Morgan fingerprint density at radius 2 is 1.81 bits per heavy atom. The smallest absolute Gasteiger partial charge is 0.306 e. The quantitative estimate of drug-likeness (QED) is 0.180. The molecule has 3 aromatic heterocycles. The number of ether oxygens (including phenoxy) is 1. The number of carboxylic acid groups (broad SMARTS) is 1. The number of carbonyl (C=O) groups is 3. The molecule has 0 fully saturated rings. The topological polar surface area (TPSA) is 98.0 Å². The minimum atomic E-state index is -0.961. The Bertz CT molecular complexity index is 1660. The van der Waals surface area contributed by atoms with Crippen molar-refractivity contribution in [2.75, 3.05) is 0 Å². The number of halogens is 1. The average molecular weight is 589 g/mol. The molecule has 0 saturated heterocycles. The number of rotatable bonds is 11. The molecule has 3 heterocycles. The van der Waals surface area contributed by atoms with Crippen LogP contribution in [0.2, 0.25) is 5.02 Å². The fourth-order valence-electron chi connectivity index (χ4n) is 5.12. The highest BCUT2D eigenvalue weighted by atomic mass is 35.5. The first-order valence-corrected chi connectivity index (χ1v) is 14.5. The Morgan fingerprint density at radius 1 is 1.07 bits per heavy atom. The number of aryl methyl sites for hydroxylation is 2. The fourth-order valence-corrected chi connectivity index (χ4v) is 5.24. The van der Waals surface area contributed by atoms with Crippen LogP contribution in [-0.4, -0.2) is 32.0 Å². The Hall–Kier alpha value is -3.97. The van der Waals surface area contributed by atoms with Gasteiger partial charge in [0, 0.05) is 39.5 Å². The summed E-state index contributed by atoms with van der Waals surface area (Å²) >= 11 is 6.25. The highest BCUT2D eigenvalue weighted by Crippen LogP contribution is 2.36. The van der Waals surface area contributed by atoms with Gasteiger partial charge >= 0.3 is 5.97 Å². The van der Waals surface area contributed by atoms with E-state index in [2.05, 4.69) is 4.98 Å². The van der Waals surface area contributed by atoms with Crippen molar-refractivity contribution < 1.29 is 24.2 Å². The molecular weight excluding hydrogens is 552 g/mol. The van der Waals surface area contributed by atoms with Crippen molar-refractivity contribution in [3.05, 3.63) is 99.1 Å². The van der Waals surface area contributed by atoms with Gasteiger partial charge in [-0.25, -0.2) is 0 Å². The Morgan fingerprint density at radius 3 is 2.43 bits per heavy atom. The van der Waals surface area contributed by atoms with Crippen LogP contribution in [0.15, 0.2) is 54.7 Å². The number of aliphatic carboxylic acids is 1. The second-order valence-corrected chi connectivity index (χ2v) is 12.2. The van der Waals surface area contributed by atoms with Crippen molar-refractivity contribution in [2.45, 2.75) is 67.4 Å². The highest BCUT2D eigenvalue weighted by molar-refractivity contribution is 6.31. The van der Waals surface area contributed by atoms with Crippen molar-refractivity contribution in [1.82, 2.24) is 9.38 Å². The normalized spacial score (nSPS) is 12.4. The van der Waals surface area contributed by atoms with Crippen molar-refractivity contribution in [3.8, 4) is 5.75 Å². The molecule has 1 aromatic carbocycles. The van der Waals surface area contributed by atoms with Crippen LogP contribution in [0.4, 0.5) is 0 Å². The summed E-state index contributed by atoms with van der Waals surface area (Å²) < 4.78 is 7.77. The van der Waals surface area contributed by atoms with Gasteiger partial charge in [-0.2, -0.15) is 0 Å². The number of nitrogens with zero attached hydrogens (tertiary/aromatic N) is 2. The number of hydrogen-bond donors (Lipinski definition) is 1. The second-order valence-electron chi connectivity index (χ2n) is 11.8. The molecule has 0 aliphatic heterocycles. The van der Waals surface area contributed by atoms with Gasteiger partial charge in [-0.05, 0) is 74.2 Å². The number of Topliss-reactive ketones (excluding diaryl/α,β-unsaturated/α-hetero) is 1. The molecule has 0 saturated carbocycles. The molecule has 1 unspecified atom stereocenters. The molecule has 0 bridgehead atoms. The number of benzene rings is 1. The lowest BCUT2D eigenvalue weighted by Gasteiger charge is -2.19. The van der Waals surface area contributed by atoms with Gasteiger partial charge in [0.05, 0.1) is 22.8 Å².